The van der Waals surface area contributed by atoms with Crippen molar-refractivity contribution in [3.63, 3.8) is 0 Å². The van der Waals surface area contributed by atoms with Crippen LogP contribution >= 0.6 is 31.9 Å². The summed E-state index contributed by atoms with van der Waals surface area (Å²) in [4.78, 5) is 19.2. The fraction of sp³-hybridized carbons (Fsp3) is 0. The number of aromatic amines is 1. The van der Waals surface area contributed by atoms with Crippen LogP contribution in [0.25, 0.3) is 22.6 Å². The van der Waals surface area contributed by atoms with Crippen molar-refractivity contribution in [1.82, 2.24) is 9.97 Å². The van der Waals surface area contributed by atoms with Crippen LogP contribution in [0, 0.1) is 0 Å². The molecule has 3 nitrogen and oxygen atoms in total. The lowest BCUT2D eigenvalue weighted by Gasteiger charge is -2.06. The van der Waals surface area contributed by atoms with Gasteiger partial charge in [0, 0.05) is 26.1 Å². The first-order chi connectivity index (χ1) is 10.1. The van der Waals surface area contributed by atoms with Gasteiger partial charge in [-0.1, -0.05) is 36.4 Å². The molecule has 1 N–H and O–H groups in total. The van der Waals surface area contributed by atoms with E-state index in [9.17, 15) is 4.79 Å². The molecule has 2 aromatic carbocycles. The Bertz CT molecular complexity index is 844. The Morgan fingerprint density at radius 1 is 0.857 bits per heavy atom. The average Bonchev–Trinajstić information content (AvgIpc) is 2.50. The molecule has 104 valence electrons. The quantitative estimate of drug-likeness (QED) is 0.675. The van der Waals surface area contributed by atoms with Crippen molar-refractivity contribution in [3.8, 4) is 22.6 Å². The molecule has 0 radical (unpaired) electrons. The summed E-state index contributed by atoms with van der Waals surface area (Å²) in [5.41, 5.74) is 2.26. The zero-order chi connectivity index (χ0) is 14.8. The van der Waals surface area contributed by atoms with Crippen molar-refractivity contribution in [3.05, 3.63) is 73.9 Å². The van der Waals surface area contributed by atoms with Crippen molar-refractivity contribution in [2.24, 2.45) is 0 Å². The third-order valence-electron chi connectivity index (χ3n) is 3.00. The van der Waals surface area contributed by atoms with E-state index in [1.807, 2.05) is 48.5 Å². The first-order valence-electron chi connectivity index (χ1n) is 6.26. The Balaban J connectivity index is 2.14. The predicted octanol–water partition coefficient (Wildman–Crippen LogP) is 4.63. The van der Waals surface area contributed by atoms with Crippen LogP contribution in [-0.2, 0) is 0 Å². The molecule has 0 atom stereocenters. The van der Waals surface area contributed by atoms with E-state index in [0.717, 1.165) is 20.1 Å². The lowest BCUT2D eigenvalue weighted by Crippen LogP contribution is -2.08. The normalized spacial score (nSPS) is 10.6. The van der Waals surface area contributed by atoms with E-state index in [1.54, 1.807) is 0 Å². The van der Waals surface area contributed by atoms with E-state index in [1.165, 1.54) is 6.07 Å². The number of hydrogen-bond donors (Lipinski definition) is 1. The smallest absolute Gasteiger partial charge is 0.251 e. The zero-order valence-electron chi connectivity index (χ0n) is 10.8. The molecule has 1 aromatic heterocycles. The first-order valence-corrected chi connectivity index (χ1v) is 7.84. The second kappa shape index (κ2) is 5.95. The Kier molecular flexibility index (Phi) is 4.03. The van der Waals surface area contributed by atoms with E-state index in [4.69, 9.17) is 0 Å². The summed E-state index contributed by atoms with van der Waals surface area (Å²) in [7, 11) is 0. The minimum atomic E-state index is -0.169. The van der Waals surface area contributed by atoms with Crippen LogP contribution in [0.3, 0.4) is 0 Å². The third-order valence-corrected chi connectivity index (χ3v) is 4.88. The molecule has 0 saturated carbocycles. The summed E-state index contributed by atoms with van der Waals surface area (Å²) < 4.78 is 1.86. The first kappa shape index (κ1) is 14.2. The summed E-state index contributed by atoms with van der Waals surface area (Å²) in [6, 6.07) is 16.9. The molecule has 3 aromatic rings. The van der Waals surface area contributed by atoms with Crippen molar-refractivity contribution >= 4 is 31.9 Å². The van der Waals surface area contributed by atoms with E-state index in [2.05, 4.69) is 41.8 Å². The highest BCUT2D eigenvalue weighted by molar-refractivity contribution is 9.13. The summed E-state index contributed by atoms with van der Waals surface area (Å²) in [5.74, 6) is 0.551. The molecule has 0 unspecified atom stereocenters. The molecule has 0 saturated heterocycles. The molecule has 5 heteroatoms. The van der Waals surface area contributed by atoms with Crippen molar-refractivity contribution in [2.45, 2.75) is 0 Å². The predicted molar refractivity (Wildman–Crippen MR) is 91.1 cm³/mol. The molecule has 0 fully saturated rings. The van der Waals surface area contributed by atoms with Gasteiger partial charge in [0.25, 0.3) is 5.56 Å². The minimum Gasteiger partial charge on any atom is -0.306 e. The maximum Gasteiger partial charge on any atom is 0.251 e. The molecule has 1 heterocycles. The van der Waals surface area contributed by atoms with Crippen LogP contribution in [0.15, 0.2) is 68.3 Å². The minimum absolute atomic E-state index is 0.169. The number of aromatic nitrogens is 2. The Hall–Kier alpha value is -1.72. The molecular weight excluding hydrogens is 396 g/mol. The van der Waals surface area contributed by atoms with E-state index < -0.39 is 0 Å². The lowest BCUT2D eigenvalue weighted by atomic mass is 10.1. The molecular formula is C16H10Br2N2O. The van der Waals surface area contributed by atoms with Gasteiger partial charge in [-0.2, -0.15) is 0 Å². The lowest BCUT2D eigenvalue weighted by molar-refractivity contribution is 1.13. The van der Waals surface area contributed by atoms with Crippen LogP contribution in [0.5, 0.6) is 0 Å². The summed E-state index contributed by atoms with van der Waals surface area (Å²) >= 11 is 6.89. The van der Waals surface area contributed by atoms with Crippen LogP contribution < -0.4 is 5.56 Å². The van der Waals surface area contributed by atoms with E-state index >= 15 is 0 Å². The highest BCUT2D eigenvalue weighted by Gasteiger charge is 2.07. The molecule has 0 aliphatic rings. The Morgan fingerprint density at radius 3 is 2.33 bits per heavy atom. The van der Waals surface area contributed by atoms with E-state index in [-0.39, 0.29) is 5.56 Å². The second-order valence-corrected chi connectivity index (χ2v) is 6.18. The Morgan fingerprint density at radius 2 is 1.62 bits per heavy atom. The molecule has 0 aliphatic heterocycles. The van der Waals surface area contributed by atoms with Gasteiger partial charge in [0.15, 0.2) is 0 Å². The molecule has 0 aliphatic carbocycles. The standard InChI is InChI=1S/C16H10Br2N2O/c17-12-7-6-11(8-13(12)18)16-19-14(9-15(21)20-16)10-4-2-1-3-5-10/h1-9H,(H,19,20,21). The van der Waals surface area contributed by atoms with Gasteiger partial charge in [0.1, 0.15) is 5.82 Å². The largest absolute Gasteiger partial charge is 0.306 e. The highest BCUT2D eigenvalue weighted by Crippen LogP contribution is 2.28. The van der Waals surface area contributed by atoms with Gasteiger partial charge in [-0.3, -0.25) is 4.79 Å². The zero-order valence-corrected chi connectivity index (χ0v) is 14.0. The van der Waals surface area contributed by atoms with Gasteiger partial charge < -0.3 is 4.98 Å². The summed E-state index contributed by atoms with van der Waals surface area (Å²) in [6.07, 6.45) is 0. The van der Waals surface area contributed by atoms with Crippen LogP contribution in [0.4, 0.5) is 0 Å². The summed E-state index contributed by atoms with van der Waals surface area (Å²) in [6.45, 7) is 0. The molecule has 3 rings (SSSR count). The number of nitrogens with zero attached hydrogens (tertiary/aromatic N) is 1. The average molecular weight is 406 g/mol. The highest BCUT2D eigenvalue weighted by atomic mass is 79.9. The van der Waals surface area contributed by atoms with Gasteiger partial charge in [-0.05, 0) is 44.0 Å². The van der Waals surface area contributed by atoms with Crippen LogP contribution in [-0.4, -0.2) is 9.97 Å². The SMILES string of the molecule is O=c1cc(-c2ccccc2)nc(-c2ccc(Br)c(Br)c2)[nH]1. The molecule has 21 heavy (non-hydrogen) atoms. The van der Waals surface area contributed by atoms with Crippen molar-refractivity contribution in [2.75, 3.05) is 0 Å². The second-order valence-electron chi connectivity index (χ2n) is 4.47. The van der Waals surface area contributed by atoms with Crippen molar-refractivity contribution < 1.29 is 0 Å². The van der Waals surface area contributed by atoms with Crippen molar-refractivity contribution in [1.29, 1.82) is 0 Å². The topological polar surface area (TPSA) is 45.8 Å². The number of halogens is 2. The third kappa shape index (κ3) is 3.14. The van der Waals surface area contributed by atoms with Gasteiger partial charge in [0.2, 0.25) is 0 Å². The van der Waals surface area contributed by atoms with Crippen LogP contribution in [0.1, 0.15) is 0 Å². The van der Waals surface area contributed by atoms with Gasteiger partial charge >= 0.3 is 0 Å². The molecule has 0 bridgehead atoms. The van der Waals surface area contributed by atoms with Crippen LogP contribution in [0.2, 0.25) is 0 Å². The molecule has 0 amide bonds. The monoisotopic (exact) mass is 404 g/mol. The molecule has 0 spiro atoms. The fourth-order valence-electron chi connectivity index (χ4n) is 1.99. The number of nitrogens with one attached hydrogen (secondary N) is 1. The van der Waals surface area contributed by atoms with Gasteiger partial charge in [0.05, 0.1) is 5.69 Å². The number of rotatable bonds is 2. The Labute approximate surface area is 138 Å². The number of hydrogen-bond acceptors (Lipinski definition) is 2. The number of benzene rings is 2. The van der Waals surface area contributed by atoms with E-state index in [0.29, 0.717) is 11.5 Å². The fourth-order valence-corrected chi connectivity index (χ4v) is 2.62. The maximum absolute atomic E-state index is 11.9. The number of H-pyrrole nitrogens is 1. The van der Waals surface area contributed by atoms with Gasteiger partial charge in [-0.15, -0.1) is 0 Å². The van der Waals surface area contributed by atoms with Gasteiger partial charge in [-0.25, -0.2) is 4.98 Å². The maximum atomic E-state index is 11.9. The summed E-state index contributed by atoms with van der Waals surface area (Å²) in [5, 5.41) is 0.